The maximum Gasteiger partial charge on any atom is 0.259 e. The summed E-state index contributed by atoms with van der Waals surface area (Å²) in [5.74, 6) is 0.709. The van der Waals surface area contributed by atoms with E-state index in [0.29, 0.717) is 16.1 Å². The molecule has 1 aromatic carbocycles. The van der Waals surface area contributed by atoms with E-state index in [-0.39, 0.29) is 17.2 Å². The van der Waals surface area contributed by atoms with Crippen molar-refractivity contribution in [2.24, 2.45) is 11.0 Å². The Morgan fingerprint density at radius 3 is 2.92 bits per heavy atom. The van der Waals surface area contributed by atoms with E-state index >= 15 is 0 Å². The zero-order chi connectivity index (χ0) is 17.8. The summed E-state index contributed by atoms with van der Waals surface area (Å²) in [7, 11) is 0. The highest BCUT2D eigenvalue weighted by atomic mass is 32.2. The van der Waals surface area contributed by atoms with Gasteiger partial charge in [-0.2, -0.15) is 5.10 Å². The smallest absolute Gasteiger partial charge is 0.259 e. The lowest BCUT2D eigenvalue weighted by atomic mass is 9.90. The van der Waals surface area contributed by atoms with Crippen LogP contribution in [0.15, 0.2) is 33.3 Å². The number of hydrogen-bond donors (Lipinski definition) is 2. The molecule has 0 radical (unpaired) electrons. The molecule has 1 heterocycles. The number of carbonyl (C=O) groups is 1. The van der Waals surface area contributed by atoms with Crippen LogP contribution in [-0.2, 0) is 4.79 Å². The molecule has 0 saturated heterocycles. The Morgan fingerprint density at radius 1 is 1.40 bits per heavy atom. The minimum absolute atomic E-state index is 0.160. The van der Waals surface area contributed by atoms with Crippen LogP contribution in [0, 0.1) is 12.8 Å². The maximum absolute atomic E-state index is 12.1. The van der Waals surface area contributed by atoms with Crippen molar-refractivity contribution in [2.45, 2.75) is 44.7 Å². The Bertz CT molecular complexity index is 865. The quantitative estimate of drug-likeness (QED) is 0.500. The third-order valence-corrected chi connectivity index (χ3v) is 5.24. The molecule has 1 fully saturated rings. The fourth-order valence-electron chi connectivity index (χ4n) is 2.81. The van der Waals surface area contributed by atoms with Crippen LogP contribution in [0.25, 0.3) is 10.9 Å². The van der Waals surface area contributed by atoms with E-state index in [1.54, 1.807) is 0 Å². The molecule has 0 aliphatic heterocycles. The summed E-state index contributed by atoms with van der Waals surface area (Å²) >= 11 is 1.20. The van der Waals surface area contributed by atoms with Crippen LogP contribution in [0.2, 0.25) is 0 Å². The molecular formula is C18H22N4O2S. The molecule has 0 bridgehead atoms. The third kappa shape index (κ3) is 4.69. The minimum atomic E-state index is -0.192. The Kier molecular flexibility index (Phi) is 5.53. The summed E-state index contributed by atoms with van der Waals surface area (Å²) in [6, 6.07) is 5.54. The van der Waals surface area contributed by atoms with E-state index in [1.807, 2.05) is 25.1 Å². The fourth-order valence-corrected chi connectivity index (χ4v) is 3.47. The first-order valence-corrected chi connectivity index (χ1v) is 9.47. The van der Waals surface area contributed by atoms with Gasteiger partial charge in [0, 0.05) is 5.71 Å². The molecule has 1 aliphatic rings. The van der Waals surface area contributed by atoms with Gasteiger partial charge in [-0.15, -0.1) is 0 Å². The average Bonchev–Trinajstić information content (AvgIpc) is 2.60. The van der Waals surface area contributed by atoms with Gasteiger partial charge in [-0.3, -0.25) is 9.59 Å². The van der Waals surface area contributed by atoms with Gasteiger partial charge >= 0.3 is 0 Å². The number of nitrogens with zero attached hydrogens (tertiary/aromatic N) is 2. The Balaban J connectivity index is 1.59. The summed E-state index contributed by atoms with van der Waals surface area (Å²) in [6.07, 6.45) is 4.16. The molecule has 2 N–H and O–H groups in total. The second-order valence-corrected chi connectivity index (χ2v) is 7.54. The number of thioether (sulfide) groups is 1. The zero-order valence-electron chi connectivity index (χ0n) is 14.5. The number of aromatic amines is 1. The fraction of sp³-hybridized carbons (Fsp3) is 0.444. The summed E-state index contributed by atoms with van der Waals surface area (Å²) in [6.45, 7) is 4.17. The van der Waals surface area contributed by atoms with Gasteiger partial charge in [-0.25, -0.2) is 10.4 Å². The molecule has 132 valence electrons. The van der Waals surface area contributed by atoms with Gasteiger partial charge in [0.15, 0.2) is 5.16 Å². The Hall–Kier alpha value is -2.15. The predicted molar refractivity (Wildman–Crippen MR) is 101 cm³/mol. The molecule has 2 aromatic rings. The molecule has 0 unspecified atom stereocenters. The van der Waals surface area contributed by atoms with Crippen LogP contribution in [0.5, 0.6) is 0 Å². The number of hydrogen-bond acceptors (Lipinski definition) is 5. The van der Waals surface area contributed by atoms with Crippen molar-refractivity contribution in [3.63, 3.8) is 0 Å². The lowest BCUT2D eigenvalue weighted by Gasteiger charge is -2.18. The van der Waals surface area contributed by atoms with Crippen molar-refractivity contribution in [3.8, 4) is 0 Å². The standard InChI is InChI=1S/C18H22N4O2S/c1-11-3-6-13(7-4-11)21-22-16(23)10-25-18-19-15-8-5-12(2)9-14(15)17(24)20-18/h5,8-9,11H,3-4,6-7,10H2,1-2H3,(H,22,23)(H,19,20,24). The average molecular weight is 358 g/mol. The van der Waals surface area contributed by atoms with Crippen LogP contribution in [0.1, 0.15) is 38.2 Å². The molecule has 7 heteroatoms. The normalized spacial score (nSPS) is 17.5. The van der Waals surface area contributed by atoms with Crippen molar-refractivity contribution in [3.05, 3.63) is 34.1 Å². The van der Waals surface area contributed by atoms with E-state index in [1.165, 1.54) is 11.8 Å². The highest BCUT2D eigenvalue weighted by molar-refractivity contribution is 7.99. The summed E-state index contributed by atoms with van der Waals surface area (Å²) in [5, 5.41) is 5.22. The van der Waals surface area contributed by atoms with Crippen LogP contribution < -0.4 is 11.0 Å². The monoisotopic (exact) mass is 358 g/mol. The molecule has 1 amide bonds. The first-order valence-electron chi connectivity index (χ1n) is 8.49. The zero-order valence-corrected chi connectivity index (χ0v) is 15.3. The number of hydrazone groups is 1. The van der Waals surface area contributed by atoms with Crippen molar-refractivity contribution >= 4 is 34.3 Å². The van der Waals surface area contributed by atoms with Gasteiger partial charge in [0.1, 0.15) is 0 Å². The van der Waals surface area contributed by atoms with Crippen molar-refractivity contribution < 1.29 is 4.79 Å². The Labute approximate surface area is 150 Å². The number of rotatable bonds is 4. The van der Waals surface area contributed by atoms with Crippen LogP contribution >= 0.6 is 11.8 Å². The molecular weight excluding hydrogens is 336 g/mol. The molecule has 1 aromatic heterocycles. The number of aryl methyl sites for hydroxylation is 1. The Morgan fingerprint density at radius 2 is 2.16 bits per heavy atom. The lowest BCUT2D eigenvalue weighted by molar-refractivity contribution is -0.118. The van der Waals surface area contributed by atoms with E-state index < -0.39 is 0 Å². The number of benzene rings is 1. The van der Waals surface area contributed by atoms with Crippen LogP contribution in [0.3, 0.4) is 0 Å². The van der Waals surface area contributed by atoms with Gasteiger partial charge in [0.2, 0.25) is 0 Å². The van der Waals surface area contributed by atoms with Crippen molar-refractivity contribution in [1.29, 1.82) is 0 Å². The lowest BCUT2D eigenvalue weighted by Crippen LogP contribution is -2.23. The molecule has 6 nitrogen and oxygen atoms in total. The first-order chi connectivity index (χ1) is 12.0. The SMILES string of the molecule is Cc1ccc2nc(SCC(=O)NN=C3CCC(C)CC3)[nH]c(=O)c2c1. The highest BCUT2D eigenvalue weighted by Gasteiger charge is 2.14. The van der Waals surface area contributed by atoms with Crippen LogP contribution in [0.4, 0.5) is 0 Å². The molecule has 25 heavy (non-hydrogen) atoms. The van der Waals surface area contributed by atoms with Gasteiger partial charge in [0.25, 0.3) is 11.5 Å². The second kappa shape index (κ2) is 7.82. The van der Waals surface area contributed by atoms with Gasteiger partial charge in [-0.05, 0) is 50.7 Å². The maximum atomic E-state index is 12.1. The van der Waals surface area contributed by atoms with Crippen molar-refractivity contribution in [2.75, 3.05) is 5.75 Å². The van der Waals surface area contributed by atoms with Crippen molar-refractivity contribution in [1.82, 2.24) is 15.4 Å². The number of amides is 1. The van der Waals surface area contributed by atoms with E-state index in [4.69, 9.17) is 0 Å². The molecule has 1 saturated carbocycles. The number of H-pyrrole nitrogens is 1. The van der Waals surface area contributed by atoms with Gasteiger partial charge in [-0.1, -0.05) is 30.3 Å². The number of carbonyl (C=O) groups excluding carboxylic acids is 1. The molecule has 1 aliphatic carbocycles. The first kappa shape index (κ1) is 17.7. The largest absolute Gasteiger partial charge is 0.301 e. The van der Waals surface area contributed by atoms with E-state index in [0.717, 1.165) is 42.9 Å². The molecule has 0 atom stereocenters. The number of fused-ring (bicyclic) bond motifs is 1. The molecule has 0 spiro atoms. The molecule has 3 rings (SSSR count). The van der Waals surface area contributed by atoms with E-state index in [9.17, 15) is 9.59 Å². The predicted octanol–water partition coefficient (Wildman–Crippen LogP) is 3.01. The van der Waals surface area contributed by atoms with Gasteiger partial charge < -0.3 is 4.98 Å². The van der Waals surface area contributed by atoms with Crippen LogP contribution in [-0.4, -0.2) is 27.3 Å². The summed E-state index contributed by atoms with van der Waals surface area (Å²) in [5.41, 5.74) is 5.12. The highest BCUT2D eigenvalue weighted by Crippen LogP contribution is 2.21. The number of aromatic nitrogens is 2. The van der Waals surface area contributed by atoms with Gasteiger partial charge in [0.05, 0.1) is 16.7 Å². The summed E-state index contributed by atoms with van der Waals surface area (Å²) < 4.78 is 0. The summed E-state index contributed by atoms with van der Waals surface area (Å²) in [4.78, 5) is 31.2. The number of nitrogens with one attached hydrogen (secondary N) is 2. The van der Waals surface area contributed by atoms with E-state index in [2.05, 4.69) is 27.4 Å². The third-order valence-electron chi connectivity index (χ3n) is 4.37. The minimum Gasteiger partial charge on any atom is -0.301 e. The topological polar surface area (TPSA) is 87.2 Å². The second-order valence-electron chi connectivity index (χ2n) is 6.58.